The van der Waals surface area contributed by atoms with Gasteiger partial charge < -0.3 is 14.7 Å². The number of thioether (sulfide) groups is 1. The van der Waals surface area contributed by atoms with E-state index < -0.39 is 23.7 Å². The van der Waals surface area contributed by atoms with E-state index in [2.05, 4.69) is 0 Å². The van der Waals surface area contributed by atoms with Gasteiger partial charge in [0.15, 0.2) is 6.61 Å². The van der Waals surface area contributed by atoms with Gasteiger partial charge in [-0.15, -0.1) is 0 Å². The SMILES string of the molecule is O=C(O)COc1ccccc1/C=C1\SC(=O)N(CC(=O)N2CCc3ccccc3C2)C1=O. The number of hydrogen-bond acceptors (Lipinski definition) is 6. The van der Waals surface area contributed by atoms with Crippen molar-refractivity contribution in [2.45, 2.75) is 13.0 Å². The van der Waals surface area contributed by atoms with E-state index in [4.69, 9.17) is 9.84 Å². The molecule has 0 radical (unpaired) electrons. The molecule has 1 saturated heterocycles. The van der Waals surface area contributed by atoms with Gasteiger partial charge in [0, 0.05) is 18.7 Å². The lowest BCUT2D eigenvalue weighted by atomic mass is 10.00. The van der Waals surface area contributed by atoms with Crippen molar-refractivity contribution in [1.82, 2.24) is 9.80 Å². The summed E-state index contributed by atoms with van der Waals surface area (Å²) in [7, 11) is 0. The number of rotatable bonds is 6. The first kappa shape index (κ1) is 21.6. The molecule has 2 aliphatic heterocycles. The smallest absolute Gasteiger partial charge is 0.341 e. The summed E-state index contributed by atoms with van der Waals surface area (Å²) >= 11 is 0.743. The molecule has 0 aromatic heterocycles. The molecule has 2 heterocycles. The minimum Gasteiger partial charge on any atom is -0.481 e. The molecular weight excluding hydrogens is 432 g/mol. The Kier molecular flexibility index (Phi) is 6.27. The third-order valence-corrected chi connectivity index (χ3v) is 6.11. The Labute approximate surface area is 188 Å². The maximum atomic E-state index is 12.8. The molecule has 32 heavy (non-hydrogen) atoms. The van der Waals surface area contributed by atoms with Gasteiger partial charge in [-0.25, -0.2) is 4.79 Å². The molecule has 2 aliphatic rings. The van der Waals surface area contributed by atoms with Gasteiger partial charge in [-0.3, -0.25) is 19.3 Å². The van der Waals surface area contributed by atoms with Crippen molar-refractivity contribution >= 4 is 40.9 Å². The van der Waals surface area contributed by atoms with Crippen LogP contribution < -0.4 is 4.74 Å². The summed E-state index contributed by atoms with van der Waals surface area (Å²) in [5.41, 5.74) is 2.74. The fourth-order valence-electron chi connectivity index (χ4n) is 3.59. The average Bonchev–Trinajstić information content (AvgIpc) is 3.05. The Morgan fingerprint density at radius 1 is 1.06 bits per heavy atom. The predicted molar refractivity (Wildman–Crippen MR) is 118 cm³/mol. The van der Waals surface area contributed by atoms with Crippen LogP contribution in [0.3, 0.4) is 0 Å². The number of para-hydroxylation sites is 1. The number of ether oxygens (including phenoxy) is 1. The van der Waals surface area contributed by atoms with Gasteiger partial charge in [0.25, 0.3) is 11.1 Å². The molecule has 8 nitrogen and oxygen atoms in total. The molecule has 9 heteroatoms. The van der Waals surface area contributed by atoms with Crippen molar-refractivity contribution < 1.29 is 29.0 Å². The number of aliphatic carboxylic acids is 1. The molecule has 0 atom stereocenters. The zero-order chi connectivity index (χ0) is 22.7. The minimum absolute atomic E-state index is 0.151. The standard InChI is InChI=1S/C23H20N2O6S/c26-20(24-10-9-15-5-1-2-7-17(15)12-24)13-25-22(29)19(32-23(25)30)11-16-6-3-4-8-18(16)31-14-21(27)28/h1-8,11H,9-10,12-14H2,(H,27,28)/b19-11-. The zero-order valence-electron chi connectivity index (χ0n) is 17.0. The van der Waals surface area contributed by atoms with Gasteiger partial charge in [0.1, 0.15) is 12.3 Å². The van der Waals surface area contributed by atoms with Crippen LogP contribution in [0, 0.1) is 0 Å². The summed E-state index contributed by atoms with van der Waals surface area (Å²) in [6.07, 6.45) is 2.21. The molecule has 0 bridgehead atoms. The highest BCUT2D eigenvalue weighted by Crippen LogP contribution is 2.34. The number of amides is 3. The van der Waals surface area contributed by atoms with Gasteiger partial charge >= 0.3 is 5.97 Å². The van der Waals surface area contributed by atoms with E-state index in [1.807, 2.05) is 24.3 Å². The summed E-state index contributed by atoms with van der Waals surface area (Å²) in [4.78, 5) is 51.6. The molecule has 0 saturated carbocycles. The Morgan fingerprint density at radius 3 is 2.56 bits per heavy atom. The van der Waals surface area contributed by atoms with Crippen LogP contribution >= 0.6 is 11.8 Å². The third-order valence-electron chi connectivity index (χ3n) is 5.21. The van der Waals surface area contributed by atoms with Crippen LogP contribution in [0.5, 0.6) is 5.75 Å². The number of carbonyl (C=O) groups is 4. The summed E-state index contributed by atoms with van der Waals surface area (Å²) in [6, 6.07) is 14.5. The number of fused-ring (bicyclic) bond motifs is 1. The highest BCUT2D eigenvalue weighted by molar-refractivity contribution is 8.18. The third kappa shape index (κ3) is 4.67. The highest BCUT2D eigenvalue weighted by atomic mass is 32.2. The molecule has 2 aromatic rings. The maximum absolute atomic E-state index is 12.8. The van der Waals surface area contributed by atoms with Crippen LogP contribution in [0.2, 0.25) is 0 Å². The van der Waals surface area contributed by atoms with Crippen LogP contribution in [-0.4, -0.2) is 57.6 Å². The van der Waals surface area contributed by atoms with E-state index in [-0.39, 0.29) is 23.1 Å². The Hall–Kier alpha value is -3.59. The normalized spacial score (nSPS) is 16.9. The summed E-state index contributed by atoms with van der Waals surface area (Å²) < 4.78 is 5.25. The van der Waals surface area contributed by atoms with Gasteiger partial charge in [-0.1, -0.05) is 42.5 Å². The summed E-state index contributed by atoms with van der Waals surface area (Å²) in [6.45, 7) is 0.146. The van der Waals surface area contributed by atoms with Gasteiger partial charge in [-0.05, 0) is 41.5 Å². The van der Waals surface area contributed by atoms with Crippen LogP contribution in [0.25, 0.3) is 6.08 Å². The van der Waals surface area contributed by atoms with E-state index >= 15 is 0 Å². The van der Waals surface area contributed by atoms with Crippen molar-refractivity contribution in [1.29, 1.82) is 0 Å². The molecule has 0 spiro atoms. The van der Waals surface area contributed by atoms with E-state index in [9.17, 15) is 19.2 Å². The molecule has 0 unspecified atom stereocenters. The molecule has 3 amide bonds. The molecule has 1 fully saturated rings. The molecule has 2 aromatic carbocycles. The summed E-state index contributed by atoms with van der Waals surface area (Å²) in [5, 5.41) is 8.30. The fraction of sp³-hybridized carbons (Fsp3) is 0.217. The average molecular weight is 452 g/mol. The number of hydrogen-bond donors (Lipinski definition) is 1. The molecule has 4 rings (SSSR count). The van der Waals surface area contributed by atoms with Crippen molar-refractivity contribution in [3.63, 3.8) is 0 Å². The van der Waals surface area contributed by atoms with Gasteiger partial charge in [0.05, 0.1) is 4.91 Å². The first-order chi connectivity index (χ1) is 15.4. The van der Waals surface area contributed by atoms with E-state index in [1.165, 1.54) is 11.6 Å². The van der Waals surface area contributed by atoms with E-state index in [0.29, 0.717) is 18.7 Å². The first-order valence-corrected chi connectivity index (χ1v) is 10.8. The van der Waals surface area contributed by atoms with Crippen LogP contribution in [-0.2, 0) is 27.3 Å². The van der Waals surface area contributed by atoms with Crippen molar-refractivity contribution in [2.24, 2.45) is 0 Å². The minimum atomic E-state index is -1.13. The molecule has 0 aliphatic carbocycles. The number of carbonyl (C=O) groups excluding carboxylic acids is 3. The highest BCUT2D eigenvalue weighted by Gasteiger charge is 2.37. The Bertz CT molecular complexity index is 1130. The fourth-order valence-corrected chi connectivity index (χ4v) is 4.42. The van der Waals surface area contributed by atoms with Crippen molar-refractivity contribution in [2.75, 3.05) is 19.7 Å². The van der Waals surface area contributed by atoms with Crippen LogP contribution in [0.1, 0.15) is 16.7 Å². The monoisotopic (exact) mass is 452 g/mol. The van der Waals surface area contributed by atoms with Gasteiger partial charge in [-0.2, -0.15) is 0 Å². The van der Waals surface area contributed by atoms with E-state index in [0.717, 1.165) is 28.6 Å². The lowest BCUT2D eigenvalue weighted by Crippen LogP contribution is -2.44. The number of nitrogens with zero attached hydrogens (tertiary/aromatic N) is 2. The zero-order valence-corrected chi connectivity index (χ0v) is 17.8. The second-order valence-corrected chi connectivity index (χ2v) is 8.32. The van der Waals surface area contributed by atoms with Gasteiger partial charge in [0.2, 0.25) is 5.91 Å². The predicted octanol–water partition coefficient (Wildman–Crippen LogP) is 2.77. The summed E-state index contributed by atoms with van der Waals surface area (Å²) in [5.74, 6) is -1.68. The second kappa shape index (κ2) is 9.27. The number of benzene rings is 2. The lowest BCUT2D eigenvalue weighted by Gasteiger charge is -2.29. The number of carboxylic acid groups (broad SMARTS) is 1. The maximum Gasteiger partial charge on any atom is 0.341 e. The topological polar surface area (TPSA) is 104 Å². The lowest BCUT2D eigenvalue weighted by molar-refractivity contribution is -0.139. The Morgan fingerprint density at radius 2 is 1.78 bits per heavy atom. The number of carboxylic acids is 1. The largest absolute Gasteiger partial charge is 0.481 e. The van der Waals surface area contributed by atoms with Crippen molar-refractivity contribution in [3.05, 3.63) is 70.1 Å². The second-order valence-electron chi connectivity index (χ2n) is 7.32. The Balaban J connectivity index is 1.46. The number of imide groups is 1. The van der Waals surface area contributed by atoms with E-state index in [1.54, 1.807) is 29.2 Å². The molecule has 164 valence electrons. The van der Waals surface area contributed by atoms with Crippen LogP contribution in [0.4, 0.5) is 4.79 Å². The van der Waals surface area contributed by atoms with Crippen molar-refractivity contribution in [3.8, 4) is 5.75 Å². The quantitative estimate of drug-likeness (QED) is 0.672. The molecule has 1 N–H and O–H groups in total. The van der Waals surface area contributed by atoms with Crippen LogP contribution in [0.15, 0.2) is 53.4 Å². The first-order valence-electron chi connectivity index (χ1n) is 9.96. The molecular formula is C23H20N2O6S.